The average Bonchev–Trinajstić information content (AvgIpc) is 2.99. The molecule has 10 heteroatoms. The maximum atomic E-state index is 13.1. The molecule has 1 N–H and O–H groups in total. The summed E-state index contributed by atoms with van der Waals surface area (Å²) in [6.07, 6.45) is 0.217. The van der Waals surface area contributed by atoms with E-state index >= 15 is 0 Å². The Balaban J connectivity index is 1.53. The summed E-state index contributed by atoms with van der Waals surface area (Å²) >= 11 is 0. The molecule has 1 unspecified atom stereocenters. The molecule has 4 rings (SSSR count). The first kappa shape index (κ1) is 23.0. The van der Waals surface area contributed by atoms with Gasteiger partial charge in [-0.25, -0.2) is 9.59 Å². The second-order valence-corrected chi connectivity index (χ2v) is 9.71. The lowest BCUT2D eigenvalue weighted by molar-refractivity contribution is -0.135. The van der Waals surface area contributed by atoms with E-state index in [4.69, 9.17) is 4.74 Å². The predicted octanol–water partition coefficient (Wildman–Crippen LogP) is 1.37. The first-order valence-corrected chi connectivity index (χ1v) is 11.3. The topological polar surface area (TPSA) is 106 Å². The van der Waals surface area contributed by atoms with Crippen molar-refractivity contribution < 1.29 is 19.1 Å². The molecule has 33 heavy (non-hydrogen) atoms. The van der Waals surface area contributed by atoms with Gasteiger partial charge in [0.05, 0.1) is 11.0 Å². The fourth-order valence-corrected chi connectivity index (χ4v) is 4.53. The summed E-state index contributed by atoms with van der Waals surface area (Å²) in [6.45, 7) is 8.70. The number of aromatic nitrogens is 2. The predicted molar refractivity (Wildman–Crippen MR) is 122 cm³/mol. The number of hydrogen-bond donors (Lipinski definition) is 1. The number of benzene rings is 1. The third-order valence-corrected chi connectivity index (χ3v) is 6.13. The Morgan fingerprint density at radius 1 is 1.12 bits per heavy atom. The van der Waals surface area contributed by atoms with E-state index in [9.17, 15) is 19.2 Å². The van der Waals surface area contributed by atoms with Crippen molar-refractivity contribution in [2.24, 2.45) is 7.05 Å². The van der Waals surface area contributed by atoms with Gasteiger partial charge in [-0.1, -0.05) is 12.1 Å². The third kappa shape index (κ3) is 4.66. The van der Waals surface area contributed by atoms with Gasteiger partial charge in [0.15, 0.2) is 0 Å². The molecule has 2 aliphatic rings. The molecule has 3 heterocycles. The Hall–Kier alpha value is -3.14. The van der Waals surface area contributed by atoms with Crippen LogP contribution in [-0.4, -0.2) is 68.6 Å². The van der Waals surface area contributed by atoms with Gasteiger partial charge >= 0.3 is 11.8 Å². The number of rotatable bonds is 3. The molecule has 0 spiro atoms. The van der Waals surface area contributed by atoms with E-state index in [1.807, 2.05) is 39.0 Å². The number of hydrogen-bond acceptors (Lipinski definition) is 6. The van der Waals surface area contributed by atoms with E-state index in [0.717, 1.165) is 11.1 Å². The van der Waals surface area contributed by atoms with Gasteiger partial charge < -0.3 is 9.64 Å². The number of carbonyl (C=O) groups is 3. The van der Waals surface area contributed by atoms with Crippen molar-refractivity contribution in [1.29, 1.82) is 0 Å². The van der Waals surface area contributed by atoms with E-state index < -0.39 is 17.6 Å². The molecule has 178 valence electrons. The minimum atomic E-state index is -0.702. The highest BCUT2D eigenvalue weighted by Crippen LogP contribution is 2.26. The van der Waals surface area contributed by atoms with Crippen LogP contribution in [0.4, 0.5) is 4.79 Å². The standard InChI is InChI=1S/C23H31N5O5/c1-23(2,3)33-22(32)27-12-10-26(11-13-27)14-15-6-5-7-16-19(15)25(4)21(31)28(16)17-8-9-18(29)24-20(17)30/h5-7,17H,8-14H2,1-4H3,(H,24,29,30). The number of carbonyl (C=O) groups excluding carboxylic acids is 3. The fourth-order valence-electron chi connectivity index (χ4n) is 4.53. The number of piperidine rings is 1. The van der Waals surface area contributed by atoms with Crippen LogP contribution >= 0.6 is 0 Å². The van der Waals surface area contributed by atoms with E-state index in [2.05, 4.69) is 10.2 Å². The van der Waals surface area contributed by atoms with Gasteiger partial charge in [0, 0.05) is 46.2 Å². The van der Waals surface area contributed by atoms with E-state index in [1.165, 1.54) is 4.57 Å². The first-order valence-electron chi connectivity index (χ1n) is 11.3. The van der Waals surface area contributed by atoms with Crippen molar-refractivity contribution in [2.75, 3.05) is 26.2 Å². The summed E-state index contributed by atoms with van der Waals surface area (Å²) in [5.74, 6) is -0.750. The monoisotopic (exact) mass is 457 g/mol. The number of nitrogens with zero attached hydrogens (tertiary/aromatic N) is 4. The number of para-hydroxylation sites is 1. The van der Waals surface area contributed by atoms with Crippen molar-refractivity contribution in [3.63, 3.8) is 0 Å². The number of piperazine rings is 1. The zero-order valence-electron chi connectivity index (χ0n) is 19.6. The number of ether oxygens (including phenoxy) is 1. The van der Waals surface area contributed by atoms with Gasteiger partial charge in [0.2, 0.25) is 11.8 Å². The van der Waals surface area contributed by atoms with Crippen LogP contribution in [0, 0.1) is 0 Å². The molecule has 0 aliphatic carbocycles. The second-order valence-electron chi connectivity index (χ2n) is 9.71. The summed E-state index contributed by atoms with van der Waals surface area (Å²) in [4.78, 5) is 53.3. The van der Waals surface area contributed by atoms with Crippen LogP contribution in [0.3, 0.4) is 0 Å². The molecule has 1 aromatic carbocycles. The van der Waals surface area contributed by atoms with Crippen molar-refractivity contribution in [1.82, 2.24) is 24.3 Å². The van der Waals surface area contributed by atoms with Crippen molar-refractivity contribution >= 4 is 28.9 Å². The van der Waals surface area contributed by atoms with Gasteiger partial charge in [-0.15, -0.1) is 0 Å². The van der Waals surface area contributed by atoms with Crippen LogP contribution in [0.5, 0.6) is 0 Å². The molecule has 2 aliphatic heterocycles. The molecular weight excluding hydrogens is 426 g/mol. The minimum Gasteiger partial charge on any atom is -0.444 e. The van der Waals surface area contributed by atoms with E-state index in [1.54, 1.807) is 16.5 Å². The molecule has 0 saturated carbocycles. The van der Waals surface area contributed by atoms with Crippen molar-refractivity contribution in [2.45, 2.75) is 51.8 Å². The van der Waals surface area contributed by atoms with Gasteiger partial charge in [0.25, 0.3) is 0 Å². The summed E-state index contributed by atoms with van der Waals surface area (Å²) < 4.78 is 8.54. The van der Waals surface area contributed by atoms with Gasteiger partial charge in [-0.05, 0) is 38.8 Å². The molecule has 1 atom stereocenters. The van der Waals surface area contributed by atoms with Crippen molar-refractivity contribution in [3.05, 3.63) is 34.2 Å². The summed E-state index contributed by atoms with van der Waals surface area (Å²) in [7, 11) is 1.71. The Kier molecular flexibility index (Phi) is 6.04. The summed E-state index contributed by atoms with van der Waals surface area (Å²) in [6, 6.07) is 5.00. The molecular formula is C23H31N5O5. The average molecular weight is 458 g/mol. The highest BCUT2D eigenvalue weighted by atomic mass is 16.6. The first-order chi connectivity index (χ1) is 15.5. The lowest BCUT2D eigenvalue weighted by atomic mass is 10.1. The van der Waals surface area contributed by atoms with Crippen LogP contribution in [0.15, 0.2) is 23.0 Å². The lowest BCUT2D eigenvalue weighted by Gasteiger charge is -2.35. The smallest absolute Gasteiger partial charge is 0.410 e. The highest BCUT2D eigenvalue weighted by molar-refractivity contribution is 6.00. The third-order valence-electron chi connectivity index (χ3n) is 6.13. The van der Waals surface area contributed by atoms with Crippen LogP contribution < -0.4 is 11.0 Å². The SMILES string of the molecule is Cn1c(=O)n(C2CCC(=O)NC2=O)c2cccc(CN3CCN(C(=O)OC(C)(C)C)CC3)c21. The Labute approximate surface area is 192 Å². The zero-order chi connectivity index (χ0) is 23.9. The van der Waals surface area contributed by atoms with Crippen molar-refractivity contribution in [3.8, 4) is 0 Å². The van der Waals surface area contributed by atoms with Gasteiger partial charge in [-0.3, -0.25) is 28.9 Å². The van der Waals surface area contributed by atoms with Crippen LogP contribution in [0.25, 0.3) is 11.0 Å². The van der Waals surface area contributed by atoms with Gasteiger partial charge in [0.1, 0.15) is 11.6 Å². The Morgan fingerprint density at radius 2 is 1.82 bits per heavy atom. The van der Waals surface area contributed by atoms with E-state index in [0.29, 0.717) is 44.7 Å². The van der Waals surface area contributed by atoms with Crippen LogP contribution in [-0.2, 0) is 27.9 Å². The largest absolute Gasteiger partial charge is 0.444 e. The molecule has 2 fully saturated rings. The normalized spacial score (nSPS) is 20.2. The number of nitrogens with one attached hydrogen (secondary N) is 1. The number of fused-ring (bicyclic) bond motifs is 1. The molecule has 0 radical (unpaired) electrons. The second kappa shape index (κ2) is 8.66. The molecule has 3 amide bonds. The number of imidazole rings is 1. The molecule has 0 bridgehead atoms. The quantitative estimate of drug-likeness (QED) is 0.698. The molecule has 2 aromatic rings. The maximum absolute atomic E-state index is 13.1. The number of imide groups is 1. The highest BCUT2D eigenvalue weighted by Gasteiger charge is 2.32. The van der Waals surface area contributed by atoms with E-state index in [-0.39, 0.29) is 24.1 Å². The minimum absolute atomic E-state index is 0.209. The van der Waals surface area contributed by atoms with Gasteiger partial charge in [-0.2, -0.15) is 0 Å². The molecule has 2 saturated heterocycles. The summed E-state index contributed by atoms with van der Waals surface area (Å²) in [5, 5.41) is 2.34. The Morgan fingerprint density at radius 3 is 2.45 bits per heavy atom. The number of aryl methyl sites for hydroxylation is 1. The Bertz CT molecular complexity index is 1150. The lowest BCUT2D eigenvalue weighted by Crippen LogP contribution is -2.49. The zero-order valence-corrected chi connectivity index (χ0v) is 19.6. The fraction of sp³-hybridized carbons (Fsp3) is 0.565. The molecule has 10 nitrogen and oxygen atoms in total. The number of amides is 3. The van der Waals surface area contributed by atoms with Crippen LogP contribution in [0.1, 0.15) is 45.2 Å². The molecule has 1 aromatic heterocycles. The maximum Gasteiger partial charge on any atom is 0.410 e. The van der Waals surface area contributed by atoms with Crippen LogP contribution in [0.2, 0.25) is 0 Å². The summed E-state index contributed by atoms with van der Waals surface area (Å²) in [5.41, 5.74) is 1.64.